The van der Waals surface area contributed by atoms with Gasteiger partial charge < -0.3 is 29.7 Å². The summed E-state index contributed by atoms with van der Waals surface area (Å²) >= 11 is 0. The number of ether oxygens (including phenoxy) is 3. The summed E-state index contributed by atoms with van der Waals surface area (Å²) in [4.78, 5) is 63.0. The number of amides is 4. The predicted octanol–water partition coefficient (Wildman–Crippen LogP) is 4.91. The van der Waals surface area contributed by atoms with Crippen molar-refractivity contribution in [2.75, 3.05) is 13.7 Å². The molecule has 1 saturated heterocycles. The number of nitrogens with zero attached hydrogens (tertiary/aromatic N) is 2. The lowest BCUT2D eigenvalue weighted by Crippen LogP contribution is -2.59. The van der Waals surface area contributed by atoms with E-state index in [0.29, 0.717) is 30.0 Å². The van der Waals surface area contributed by atoms with Crippen molar-refractivity contribution < 1.29 is 41.8 Å². The fraction of sp³-hybridized carbons (Fsp3) is 0.595. The van der Waals surface area contributed by atoms with Crippen molar-refractivity contribution in [3.05, 3.63) is 48.6 Å². The smallest absolute Gasteiger partial charge is 0.408 e. The summed E-state index contributed by atoms with van der Waals surface area (Å²) in [6, 6.07) is 5.58. The topological polar surface area (TPSA) is 182 Å². The Labute approximate surface area is 333 Å². The average molecular weight is 804 g/mol. The maximum atomic E-state index is 14.9. The van der Waals surface area contributed by atoms with Crippen LogP contribution in [0.5, 0.6) is 11.6 Å². The molecule has 3 N–H and O–H groups in total. The Kier molecular flexibility index (Phi) is 11.0. The molecule has 2 aromatic rings. The second kappa shape index (κ2) is 15.9. The van der Waals surface area contributed by atoms with Crippen LogP contribution in [0.25, 0.3) is 17.0 Å². The highest BCUT2D eigenvalue weighted by molar-refractivity contribution is 7.91. The molecule has 0 radical (unpaired) electrons. The Morgan fingerprint density at radius 2 is 1.79 bits per heavy atom. The van der Waals surface area contributed by atoms with Crippen molar-refractivity contribution in [1.82, 2.24) is 25.2 Å². The molecule has 2 aliphatic heterocycles. The second-order valence-electron chi connectivity index (χ2n) is 16.7. The van der Waals surface area contributed by atoms with Crippen molar-refractivity contribution in [1.29, 1.82) is 0 Å². The SMILES string of the molecule is C=CC1C[C@]1(NC(=O)[C@@H]1C[C@@H]2CN1C(=O)[C@H](C1CCCC1)NC(=O)O[C@@H]1CCC[C@H]1CCC/C=C/c1cc3ccc(OC)cc3nc1O2)C(=O)NS(=O)(=O)C1CC1. The minimum Gasteiger partial charge on any atom is -0.497 e. The van der Waals surface area contributed by atoms with Crippen molar-refractivity contribution in [2.45, 2.75) is 125 Å². The van der Waals surface area contributed by atoms with E-state index in [0.717, 1.165) is 75.2 Å². The molecule has 4 aliphatic carbocycles. The summed E-state index contributed by atoms with van der Waals surface area (Å²) in [7, 11) is -2.31. The van der Waals surface area contributed by atoms with E-state index in [4.69, 9.17) is 19.2 Å². The van der Waals surface area contributed by atoms with Gasteiger partial charge in [0.2, 0.25) is 27.7 Å². The first-order chi connectivity index (χ1) is 27.5. The van der Waals surface area contributed by atoms with Crippen molar-refractivity contribution in [2.24, 2.45) is 17.8 Å². The Hall–Kier alpha value is -4.66. The third-order valence-electron chi connectivity index (χ3n) is 12.9. The first-order valence-electron chi connectivity index (χ1n) is 20.6. The number of fused-ring (bicyclic) bond motifs is 5. The molecule has 306 valence electrons. The van der Waals surface area contributed by atoms with Gasteiger partial charge in [0.15, 0.2) is 0 Å². The van der Waals surface area contributed by atoms with Crippen LogP contribution in [-0.4, -0.2) is 90.9 Å². The first kappa shape index (κ1) is 39.2. The van der Waals surface area contributed by atoms with Gasteiger partial charge in [0, 0.05) is 29.4 Å². The number of allylic oxidation sites excluding steroid dienone is 1. The molecule has 15 heteroatoms. The lowest BCUT2D eigenvalue weighted by atomic mass is 9.96. The number of hydrogen-bond donors (Lipinski definition) is 3. The first-order valence-corrected chi connectivity index (χ1v) is 22.1. The number of aromatic nitrogens is 1. The number of benzene rings is 1. The van der Waals surface area contributed by atoms with Crippen LogP contribution in [0.2, 0.25) is 0 Å². The Balaban J connectivity index is 1.14. The summed E-state index contributed by atoms with van der Waals surface area (Å²) in [5, 5.41) is 6.06. The zero-order valence-corrected chi connectivity index (χ0v) is 33.3. The third kappa shape index (κ3) is 8.22. The van der Waals surface area contributed by atoms with E-state index >= 15 is 0 Å². The highest BCUT2D eigenvalue weighted by atomic mass is 32.2. The molecule has 0 spiro atoms. The fourth-order valence-electron chi connectivity index (χ4n) is 9.38. The Bertz CT molecular complexity index is 2060. The fourth-order valence-corrected chi connectivity index (χ4v) is 10.7. The van der Waals surface area contributed by atoms with Gasteiger partial charge in [-0.05, 0) is 101 Å². The maximum absolute atomic E-state index is 14.9. The number of carbonyl (C=O) groups excluding carboxylic acids is 4. The van der Waals surface area contributed by atoms with Crippen LogP contribution < -0.4 is 24.8 Å². The molecule has 1 aromatic heterocycles. The number of nitrogens with one attached hydrogen (secondary N) is 3. The summed E-state index contributed by atoms with van der Waals surface area (Å²) in [5.41, 5.74) is -0.141. The monoisotopic (exact) mass is 803 g/mol. The molecular weight excluding hydrogens is 751 g/mol. The van der Waals surface area contributed by atoms with E-state index < -0.39 is 68.7 Å². The van der Waals surface area contributed by atoms with Crippen LogP contribution in [0.1, 0.15) is 95.5 Å². The Morgan fingerprint density at radius 3 is 2.53 bits per heavy atom. The van der Waals surface area contributed by atoms with Crippen molar-refractivity contribution in [3.8, 4) is 11.6 Å². The van der Waals surface area contributed by atoms with E-state index in [1.54, 1.807) is 7.11 Å². The Morgan fingerprint density at radius 1 is 1.02 bits per heavy atom. The van der Waals surface area contributed by atoms with E-state index in [2.05, 4.69) is 28.0 Å². The van der Waals surface area contributed by atoms with Gasteiger partial charge in [0.1, 0.15) is 35.6 Å². The number of pyridine rings is 1. The molecule has 14 nitrogen and oxygen atoms in total. The molecule has 3 heterocycles. The molecule has 4 amide bonds. The minimum atomic E-state index is -3.90. The van der Waals surface area contributed by atoms with Gasteiger partial charge in [-0.2, -0.15) is 0 Å². The van der Waals surface area contributed by atoms with Gasteiger partial charge in [-0.15, -0.1) is 6.58 Å². The molecular formula is C42H53N5O9S. The summed E-state index contributed by atoms with van der Waals surface area (Å²) in [5.74, 6) is -1.35. The van der Waals surface area contributed by atoms with Crippen molar-refractivity contribution >= 4 is 50.8 Å². The lowest BCUT2D eigenvalue weighted by molar-refractivity contribution is -0.142. The zero-order chi connectivity index (χ0) is 39.9. The maximum Gasteiger partial charge on any atom is 0.408 e. The van der Waals surface area contributed by atoms with Crippen LogP contribution in [0, 0.1) is 17.8 Å². The van der Waals surface area contributed by atoms with Gasteiger partial charge in [0.25, 0.3) is 5.91 Å². The minimum absolute atomic E-state index is 0.00267. The number of carbonyl (C=O) groups is 4. The molecule has 6 aliphatic rings. The van der Waals surface area contributed by atoms with E-state index in [1.165, 1.54) is 11.0 Å². The predicted molar refractivity (Wildman–Crippen MR) is 211 cm³/mol. The van der Waals surface area contributed by atoms with Gasteiger partial charge in [-0.3, -0.25) is 19.1 Å². The van der Waals surface area contributed by atoms with Crippen molar-refractivity contribution in [3.63, 3.8) is 0 Å². The number of methoxy groups -OCH3 is 1. The number of rotatable bonds is 8. The zero-order valence-electron chi connectivity index (χ0n) is 32.5. The molecule has 1 aromatic carbocycles. The molecule has 8 rings (SSSR count). The average Bonchev–Trinajstić information content (AvgIpc) is 3.98. The van der Waals surface area contributed by atoms with Crippen LogP contribution in [0.4, 0.5) is 4.79 Å². The molecule has 4 saturated carbocycles. The van der Waals surface area contributed by atoms with Crippen LogP contribution in [0.15, 0.2) is 43.0 Å². The third-order valence-corrected chi connectivity index (χ3v) is 14.7. The van der Waals surface area contributed by atoms with Gasteiger partial charge in [-0.25, -0.2) is 18.2 Å². The lowest BCUT2D eigenvalue weighted by Gasteiger charge is -2.32. The molecule has 1 unspecified atom stereocenters. The van der Waals surface area contributed by atoms with Gasteiger partial charge in [-0.1, -0.05) is 31.1 Å². The summed E-state index contributed by atoms with van der Waals surface area (Å²) in [6.07, 6.45) is 13.8. The second-order valence-corrected chi connectivity index (χ2v) is 18.7. The normalized spacial score (nSPS) is 31.4. The van der Waals surface area contributed by atoms with E-state index in [9.17, 15) is 27.6 Å². The molecule has 2 bridgehead atoms. The number of sulfonamides is 1. The largest absolute Gasteiger partial charge is 0.497 e. The highest BCUT2D eigenvalue weighted by Crippen LogP contribution is 2.46. The van der Waals surface area contributed by atoms with Crippen LogP contribution >= 0.6 is 0 Å². The van der Waals surface area contributed by atoms with Crippen LogP contribution in [-0.2, 0) is 29.1 Å². The molecule has 7 atom stereocenters. The van der Waals surface area contributed by atoms with Gasteiger partial charge in [0.05, 0.1) is 24.4 Å². The highest BCUT2D eigenvalue weighted by Gasteiger charge is 2.62. The standard InChI is InChI=1S/C42H53N5O9S/c1-3-29-23-42(29,40(50)46-57(52,53)32-18-19-32)45-37(48)34-22-31-24-47(34)39(49)36(26-11-7-8-12-26)44-41(51)56-35-15-9-14-25(35)10-5-4-6-13-28-20-27-16-17-30(54-2)21-33(27)43-38(28)55-31/h3,6,13,16-17,20-21,25-26,29,31-32,34-36H,1,4-5,7-12,14-15,18-19,22-24H2,2H3,(H,44,51)(H,45,48)(H,46,50)/b13-6+/t25-,29?,31-,34+,35-,36+,42-/m1/s1. The van der Waals surface area contributed by atoms with Crippen LogP contribution in [0.3, 0.4) is 0 Å². The molecule has 57 heavy (non-hydrogen) atoms. The van der Waals surface area contributed by atoms with Gasteiger partial charge >= 0.3 is 6.09 Å². The number of hydrogen-bond acceptors (Lipinski definition) is 10. The summed E-state index contributed by atoms with van der Waals surface area (Å²) < 4.78 is 46.0. The number of alkyl carbamates (subject to hydrolysis) is 1. The van der Waals surface area contributed by atoms with E-state index in [1.807, 2.05) is 30.3 Å². The quantitative estimate of drug-likeness (QED) is 0.310. The summed E-state index contributed by atoms with van der Waals surface area (Å²) in [6.45, 7) is 3.82. The molecule has 5 fully saturated rings. The van der Waals surface area contributed by atoms with E-state index in [-0.39, 0.29) is 37.3 Å².